The molecule has 2 heterocycles. The first-order valence-electron chi connectivity index (χ1n) is 4.19. The second-order valence-electron chi connectivity index (χ2n) is 2.97. The number of halogens is 2. The summed E-state index contributed by atoms with van der Waals surface area (Å²) in [4.78, 5) is 12.0. The van der Waals surface area contributed by atoms with E-state index in [1.54, 1.807) is 35.0 Å². The van der Waals surface area contributed by atoms with E-state index >= 15 is 0 Å². The van der Waals surface area contributed by atoms with Gasteiger partial charge >= 0.3 is 5.97 Å². The number of aliphatic hydroxyl groups is 1. The Labute approximate surface area is 127 Å². The van der Waals surface area contributed by atoms with Gasteiger partial charge in [-0.15, -0.1) is 56.6 Å². The van der Waals surface area contributed by atoms with Crippen LogP contribution in [0.5, 0.6) is 0 Å². The Morgan fingerprint density at radius 3 is 1.71 bits per heavy atom. The second-order valence-corrected chi connectivity index (χ2v) is 4.87. The van der Waals surface area contributed by atoms with E-state index in [4.69, 9.17) is 5.11 Å². The Kier molecular flexibility index (Phi) is 6.57. The quantitative estimate of drug-likeness (QED) is 0.829. The maximum Gasteiger partial charge on any atom is 0.346 e. The number of thiophene rings is 2. The number of hydrogen-bond donors (Lipinski definition) is 2. The number of carbonyl (C=O) groups is 1. The van der Waals surface area contributed by atoms with Crippen LogP contribution < -0.4 is 0 Å². The fraction of sp³-hybridized carbons (Fsp3) is 0.100. The maximum absolute atomic E-state index is 11.2. The van der Waals surface area contributed by atoms with Gasteiger partial charge in [0, 0.05) is 0 Å². The van der Waals surface area contributed by atoms with Crippen LogP contribution in [0.25, 0.3) is 0 Å². The zero-order chi connectivity index (χ0) is 10.9. The summed E-state index contributed by atoms with van der Waals surface area (Å²) in [5.41, 5.74) is -1.90. The number of aliphatic carboxylic acids is 1. The fourth-order valence-corrected chi connectivity index (χ4v) is 3.02. The fourth-order valence-electron chi connectivity index (χ4n) is 1.30. The molecule has 0 bridgehead atoms. The molecular weight excluding hydrogens is 392 g/mol. The third-order valence-electron chi connectivity index (χ3n) is 2.07. The van der Waals surface area contributed by atoms with Gasteiger partial charge in [-0.1, -0.05) is 12.1 Å². The van der Waals surface area contributed by atoms with E-state index in [-0.39, 0.29) is 34.0 Å². The van der Waals surface area contributed by atoms with E-state index in [0.29, 0.717) is 9.75 Å². The third-order valence-corrected chi connectivity index (χ3v) is 4.02. The van der Waals surface area contributed by atoms with Gasteiger partial charge in [-0.3, -0.25) is 0 Å². The van der Waals surface area contributed by atoms with E-state index < -0.39 is 11.6 Å². The molecule has 2 N–H and O–H groups in total. The first-order valence-corrected chi connectivity index (χ1v) is 5.95. The van der Waals surface area contributed by atoms with Gasteiger partial charge in [0.2, 0.25) is 5.60 Å². The standard InChI is InChI=1S/C10H8O3S2.2BrH/c11-9(12)10(13,7-3-1-5-14-7)8-4-2-6-15-8;;/h1-6,13H,(H,11,12);2*1H. The van der Waals surface area contributed by atoms with Gasteiger partial charge in [-0.2, -0.15) is 0 Å². The Morgan fingerprint density at radius 2 is 1.47 bits per heavy atom. The van der Waals surface area contributed by atoms with Crippen molar-refractivity contribution in [3.63, 3.8) is 0 Å². The van der Waals surface area contributed by atoms with Crippen LogP contribution >= 0.6 is 56.6 Å². The van der Waals surface area contributed by atoms with Gasteiger partial charge in [0.25, 0.3) is 0 Å². The second kappa shape index (κ2) is 6.65. The first kappa shape index (κ1) is 16.8. The Morgan fingerprint density at radius 1 is 1.06 bits per heavy atom. The molecule has 0 saturated carbocycles. The van der Waals surface area contributed by atoms with Crippen LogP contribution in [-0.2, 0) is 10.4 Å². The molecule has 0 aliphatic carbocycles. The van der Waals surface area contributed by atoms with Gasteiger partial charge < -0.3 is 10.2 Å². The number of rotatable bonds is 3. The van der Waals surface area contributed by atoms with Gasteiger partial charge in [0.1, 0.15) is 0 Å². The smallest absolute Gasteiger partial charge is 0.346 e. The van der Waals surface area contributed by atoms with Gasteiger partial charge in [0.15, 0.2) is 0 Å². The minimum Gasteiger partial charge on any atom is -0.479 e. The van der Waals surface area contributed by atoms with Crippen molar-refractivity contribution in [1.29, 1.82) is 0 Å². The molecule has 17 heavy (non-hydrogen) atoms. The lowest BCUT2D eigenvalue weighted by Gasteiger charge is -2.20. The van der Waals surface area contributed by atoms with Crippen LogP contribution in [0.4, 0.5) is 0 Å². The number of carboxylic acid groups (broad SMARTS) is 1. The SMILES string of the molecule is Br.Br.O=C(O)C(O)(c1cccs1)c1cccs1. The summed E-state index contributed by atoms with van der Waals surface area (Å²) in [6.45, 7) is 0. The summed E-state index contributed by atoms with van der Waals surface area (Å²) < 4.78 is 0. The van der Waals surface area contributed by atoms with Gasteiger partial charge in [0.05, 0.1) is 9.75 Å². The summed E-state index contributed by atoms with van der Waals surface area (Å²) in [5.74, 6) is -1.24. The maximum atomic E-state index is 11.2. The van der Waals surface area contributed by atoms with Crippen molar-refractivity contribution < 1.29 is 15.0 Å². The molecule has 94 valence electrons. The molecule has 3 nitrogen and oxygen atoms in total. The molecule has 0 radical (unpaired) electrons. The van der Waals surface area contributed by atoms with Gasteiger partial charge in [-0.25, -0.2) is 4.79 Å². The van der Waals surface area contributed by atoms with Crippen LogP contribution in [0.3, 0.4) is 0 Å². The summed E-state index contributed by atoms with van der Waals surface area (Å²) in [6, 6.07) is 6.69. The predicted octanol–water partition coefficient (Wildman–Crippen LogP) is 3.29. The minimum atomic E-state index is -1.90. The monoisotopic (exact) mass is 400 g/mol. The topological polar surface area (TPSA) is 57.5 Å². The predicted molar refractivity (Wildman–Crippen MR) is 79.9 cm³/mol. The third kappa shape index (κ3) is 2.97. The largest absolute Gasteiger partial charge is 0.479 e. The molecule has 0 aliphatic heterocycles. The van der Waals surface area contributed by atoms with E-state index in [1.807, 2.05) is 0 Å². The van der Waals surface area contributed by atoms with E-state index in [1.165, 1.54) is 22.7 Å². The highest BCUT2D eigenvalue weighted by Gasteiger charge is 2.42. The normalized spacial score (nSPS) is 10.2. The van der Waals surface area contributed by atoms with Crippen molar-refractivity contribution >= 4 is 62.6 Å². The number of carboxylic acids is 1. The van der Waals surface area contributed by atoms with Crippen molar-refractivity contribution in [2.45, 2.75) is 5.60 Å². The first-order chi connectivity index (χ1) is 7.15. The summed E-state index contributed by atoms with van der Waals surface area (Å²) in [5, 5.41) is 22.9. The zero-order valence-corrected chi connectivity index (χ0v) is 13.5. The average molecular weight is 402 g/mol. The summed E-state index contributed by atoms with van der Waals surface area (Å²) in [6.07, 6.45) is 0. The van der Waals surface area contributed by atoms with Crippen molar-refractivity contribution in [2.75, 3.05) is 0 Å². The lowest BCUT2D eigenvalue weighted by Crippen LogP contribution is -2.34. The highest BCUT2D eigenvalue weighted by atomic mass is 79.9. The van der Waals surface area contributed by atoms with E-state index in [0.717, 1.165) is 0 Å². The Hall–Kier alpha value is -0.210. The molecular formula is C10H10Br2O3S2. The van der Waals surface area contributed by atoms with Crippen LogP contribution in [0.15, 0.2) is 35.0 Å². The molecule has 2 aromatic rings. The molecule has 0 unspecified atom stereocenters. The van der Waals surface area contributed by atoms with Crippen LogP contribution in [0.1, 0.15) is 9.75 Å². The molecule has 0 fully saturated rings. The van der Waals surface area contributed by atoms with Crippen LogP contribution in [-0.4, -0.2) is 16.2 Å². The van der Waals surface area contributed by atoms with Crippen molar-refractivity contribution in [1.82, 2.24) is 0 Å². The lowest BCUT2D eigenvalue weighted by molar-refractivity contribution is -0.154. The molecule has 7 heteroatoms. The van der Waals surface area contributed by atoms with Crippen molar-refractivity contribution in [3.8, 4) is 0 Å². The summed E-state index contributed by atoms with van der Waals surface area (Å²) in [7, 11) is 0. The molecule has 0 atom stereocenters. The Balaban J connectivity index is 0.00000128. The minimum absolute atomic E-state index is 0. The van der Waals surface area contributed by atoms with Gasteiger partial charge in [-0.05, 0) is 22.9 Å². The molecule has 2 rings (SSSR count). The molecule has 0 aliphatic rings. The van der Waals surface area contributed by atoms with Crippen molar-refractivity contribution in [2.24, 2.45) is 0 Å². The summed E-state index contributed by atoms with van der Waals surface area (Å²) >= 11 is 2.46. The van der Waals surface area contributed by atoms with E-state index in [2.05, 4.69) is 0 Å². The Bertz CT molecular complexity index is 420. The number of hydrogen-bond acceptors (Lipinski definition) is 4. The molecule has 2 aromatic heterocycles. The molecule has 0 aromatic carbocycles. The lowest BCUT2D eigenvalue weighted by atomic mass is 10.0. The zero-order valence-electron chi connectivity index (χ0n) is 8.40. The molecule has 0 amide bonds. The van der Waals surface area contributed by atoms with Crippen LogP contribution in [0.2, 0.25) is 0 Å². The van der Waals surface area contributed by atoms with Crippen LogP contribution in [0, 0.1) is 0 Å². The van der Waals surface area contributed by atoms with E-state index in [9.17, 15) is 9.90 Å². The highest BCUT2D eigenvalue weighted by Crippen LogP contribution is 2.35. The van der Waals surface area contributed by atoms with Crippen molar-refractivity contribution in [3.05, 3.63) is 44.8 Å². The average Bonchev–Trinajstić information content (AvgIpc) is 2.89. The molecule has 0 saturated heterocycles. The highest BCUT2D eigenvalue weighted by molar-refractivity contribution is 8.93. The molecule has 0 spiro atoms.